The highest BCUT2D eigenvalue weighted by atomic mass is 19.4. The lowest BCUT2D eigenvalue weighted by Gasteiger charge is -2.37. The Morgan fingerprint density at radius 3 is 2.57 bits per heavy atom. The van der Waals surface area contributed by atoms with Gasteiger partial charge in [0.25, 0.3) is 5.91 Å². The van der Waals surface area contributed by atoms with Crippen LogP contribution in [0.25, 0.3) is 21.8 Å². The lowest BCUT2D eigenvalue weighted by molar-refractivity contribution is -0.140. The summed E-state index contributed by atoms with van der Waals surface area (Å²) in [4.78, 5) is 18.6. The number of hydrogen-bond donors (Lipinski definition) is 1. The molecule has 0 radical (unpaired) electrons. The minimum atomic E-state index is -4.51. The summed E-state index contributed by atoms with van der Waals surface area (Å²) in [6.07, 6.45) is 0.263. The van der Waals surface area contributed by atoms with Crippen molar-refractivity contribution in [2.45, 2.75) is 43.9 Å². The highest BCUT2D eigenvalue weighted by molar-refractivity contribution is 5.98. The molecule has 1 fully saturated rings. The predicted octanol–water partition coefficient (Wildman–Crippen LogP) is 5.32. The van der Waals surface area contributed by atoms with E-state index in [4.69, 9.17) is 0 Å². The number of nitrogens with one attached hydrogen (secondary N) is 1. The van der Waals surface area contributed by atoms with E-state index in [1.165, 1.54) is 0 Å². The first-order valence-corrected chi connectivity index (χ1v) is 11.6. The molecule has 6 nitrogen and oxygen atoms in total. The summed E-state index contributed by atoms with van der Waals surface area (Å²) in [6.45, 7) is 0. The van der Waals surface area contributed by atoms with Gasteiger partial charge in [-0.15, -0.1) is 0 Å². The number of aryl methyl sites for hydroxylation is 1. The van der Waals surface area contributed by atoms with Crippen LogP contribution in [0.2, 0.25) is 0 Å². The molecule has 1 aliphatic rings. The van der Waals surface area contributed by atoms with E-state index in [0.717, 1.165) is 42.7 Å². The fourth-order valence-corrected chi connectivity index (χ4v) is 4.97. The molecule has 0 spiro atoms. The molecule has 182 valence electrons. The van der Waals surface area contributed by atoms with Gasteiger partial charge >= 0.3 is 6.18 Å². The second kappa shape index (κ2) is 8.87. The molecule has 5 rings (SSSR count). The zero-order valence-electron chi connectivity index (χ0n) is 19.5. The maximum atomic E-state index is 13.5. The van der Waals surface area contributed by atoms with E-state index in [1.54, 1.807) is 35.1 Å². The Bertz CT molecular complexity index is 1390. The number of carbonyl (C=O) groups excluding carboxylic acids is 1. The third-order valence-electron chi connectivity index (χ3n) is 6.95. The number of aromatic nitrogens is 3. The van der Waals surface area contributed by atoms with Crippen LogP contribution in [0.1, 0.15) is 41.7 Å². The van der Waals surface area contributed by atoms with Gasteiger partial charge in [0.15, 0.2) is 0 Å². The molecule has 2 aromatic carbocycles. The first kappa shape index (κ1) is 23.1. The Morgan fingerprint density at radius 1 is 1.09 bits per heavy atom. The highest BCUT2D eigenvalue weighted by Crippen LogP contribution is 2.36. The summed E-state index contributed by atoms with van der Waals surface area (Å²) in [7, 11) is 3.70. The SMILES string of the molecule is CN(c1cc(C(F)(F)F)nc2ccccc12)C1CCC(NC(=O)c2ccc3c(cnn3C)c2)CC1. The van der Waals surface area contributed by atoms with E-state index in [-0.39, 0.29) is 18.0 Å². The van der Waals surface area contributed by atoms with Crippen LogP contribution in [-0.2, 0) is 13.2 Å². The fourth-order valence-electron chi connectivity index (χ4n) is 4.97. The van der Waals surface area contributed by atoms with Crippen molar-refractivity contribution in [3.8, 4) is 0 Å². The lowest BCUT2D eigenvalue weighted by Crippen LogP contribution is -2.43. The molecule has 1 N–H and O–H groups in total. The molecule has 9 heteroatoms. The first-order chi connectivity index (χ1) is 16.7. The lowest BCUT2D eigenvalue weighted by atomic mass is 9.89. The normalized spacial score (nSPS) is 18.7. The van der Waals surface area contributed by atoms with Crippen molar-refractivity contribution in [1.82, 2.24) is 20.1 Å². The number of fused-ring (bicyclic) bond motifs is 2. The second-order valence-corrected chi connectivity index (χ2v) is 9.17. The van der Waals surface area contributed by atoms with Gasteiger partial charge in [-0.3, -0.25) is 9.48 Å². The van der Waals surface area contributed by atoms with Crippen molar-refractivity contribution in [2.75, 3.05) is 11.9 Å². The highest BCUT2D eigenvalue weighted by Gasteiger charge is 2.34. The van der Waals surface area contributed by atoms with Gasteiger partial charge in [0.2, 0.25) is 0 Å². The van der Waals surface area contributed by atoms with Crippen molar-refractivity contribution < 1.29 is 18.0 Å². The zero-order valence-corrected chi connectivity index (χ0v) is 19.5. The van der Waals surface area contributed by atoms with E-state index in [2.05, 4.69) is 15.4 Å². The molecule has 35 heavy (non-hydrogen) atoms. The number of hydrogen-bond acceptors (Lipinski definition) is 4. The van der Waals surface area contributed by atoms with E-state index in [9.17, 15) is 18.0 Å². The number of carbonyl (C=O) groups is 1. The van der Waals surface area contributed by atoms with Crippen LogP contribution in [0.15, 0.2) is 54.7 Å². The van der Waals surface area contributed by atoms with Crippen LogP contribution in [0.4, 0.5) is 18.9 Å². The van der Waals surface area contributed by atoms with Gasteiger partial charge in [0.05, 0.1) is 17.2 Å². The number of anilines is 1. The number of pyridine rings is 1. The van der Waals surface area contributed by atoms with Crippen LogP contribution in [0.5, 0.6) is 0 Å². The number of nitrogens with zero attached hydrogens (tertiary/aromatic N) is 4. The van der Waals surface area contributed by atoms with Gasteiger partial charge < -0.3 is 10.2 Å². The van der Waals surface area contributed by atoms with Gasteiger partial charge in [0, 0.05) is 48.2 Å². The standard InChI is InChI=1S/C26H26F3N5O/c1-33(23-14-24(26(27,28)29)32-21-6-4-3-5-20(21)23)19-10-8-18(9-11-19)31-25(35)16-7-12-22-17(13-16)15-30-34(22)2/h3-7,12-15,18-19H,8-11H2,1-2H3,(H,31,35). The summed E-state index contributed by atoms with van der Waals surface area (Å²) in [6, 6.07) is 13.7. The number of halogens is 3. The van der Waals surface area contributed by atoms with Gasteiger partial charge in [0.1, 0.15) is 5.69 Å². The molecule has 0 bridgehead atoms. The number of para-hydroxylation sites is 1. The molecule has 1 saturated carbocycles. The third kappa shape index (κ3) is 4.54. The molecule has 2 heterocycles. The van der Waals surface area contributed by atoms with Crippen molar-refractivity contribution in [2.24, 2.45) is 7.05 Å². The summed E-state index contributed by atoms with van der Waals surface area (Å²) in [5, 5.41) is 8.94. The maximum absolute atomic E-state index is 13.5. The van der Waals surface area contributed by atoms with Gasteiger partial charge in [-0.05, 0) is 56.0 Å². The second-order valence-electron chi connectivity index (χ2n) is 9.17. The first-order valence-electron chi connectivity index (χ1n) is 11.6. The van der Waals surface area contributed by atoms with Crippen LogP contribution in [0.3, 0.4) is 0 Å². The van der Waals surface area contributed by atoms with Crippen molar-refractivity contribution in [3.05, 3.63) is 66.0 Å². The number of benzene rings is 2. The van der Waals surface area contributed by atoms with Gasteiger partial charge in [-0.25, -0.2) is 4.98 Å². The minimum Gasteiger partial charge on any atom is -0.371 e. The number of rotatable bonds is 4. The monoisotopic (exact) mass is 481 g/mol. The third-order valence-corrected chi connectivity index (χ3v) is 6.95. The molecule has 0 unspecified atom stereocenters. The zero-order chi connectivity index (χ0) is 24.7. The molecule has 0 aliphatic heterocycles. The van der Waals surface area contributed by atoms with Gasteiger partial charge in [-0.1, -0.05) is 18.2 Å². The summed E-state index contributed by atoms with van der Waals surface area (Å²) in [5.74, 6) is -0.123. The molecule has 4 aromatic rings. The fraction of sp³-hybridized carbons (Fsp3) is 0.346. The Labute approximate surface area is 200 Å². The minimum absolute atomic E-state index is 0.0247. The summed E-state index contributed by atoms with van der Waals surface area (Å²) in [5.41, 5.74) is 1.52. The average Bonchev–Trinajstić information content (AvgIpc) is 3.22. The molecule has 0 atom stereocenters. The molecular formula is C26H26F3N5O. The quantitative estimate of drug-likeness (QED) is 0.429. The topological polar surface area (TPSA) is 63.1 Å². The summed E-state index contributed by atoms with van der Waals surface area (Å²) >= 11 is 0. The van der Waals surface area contributed by atoms with Crippen LogP contribution in [-0.4, -0.2) is 39.8 Å². The van der Waals surface area contributed by atoms with Crippen LogP contribution >= 0.6 is 0 Å². The smallest absolute Gasteiger partial charge is 0.371 e. The Morgan fingerprint density at radius 2 is 1.83 bits per heavy atom. The van der Waals surface area contributed by atoms with E-state index >= 15 is 0 Å². The molecular weight excluding hydrogens is 455 g/mol. The number of amides is 1. The number of alkyl halides is 3. The van der Waals surface area contributed by atoms with E-state index < -0.39 is 11.9 Å². The molecule has 1 aliphatic carbocycles. The molecule has 2 aromatic heterocycles. The van der Waals surface area contributed by atoms with E-state index in [1.807, 2.05) is 37.2 Å². The van der Waals surface area contributed by atoms with Crippen molar-refractivity contribution in [3.63, 3.8) is 0 Å². The van der Waals surface area contributed by atoms with Crippen LogP contribution < -0.4 is 10.2 Å². The van der Waals surface area contributed by atoms with Crippen molar-refractivity contribution >= 4 is 33.4 Å². The largest absolute Gasteiger partial charge is 0.433 e. The van der Waals surface area contributed by atoms with E-state index in [0.29, 0.717) is 22.2 Å². The summed E-state index contributed by atoms with van der Waals surface area (Å²) < 4.78 is 42.2. The predicted molar refractivity (Wildman–Crippen MR) is 129 cm³/mol. The Hall–Kier alpha value is -3.62. The van der Waals surface area contributed by atoms with Crippen molar-refractivity contribution in [1.29, 1.82) is 0 Å². The van der Waals surface area contributed by atoms with Gasteiger partial charge in [-0.2, -0.15) is 18.3 Å². The van der Waals surface area contributed by atoms with Crippen LogP contribution in [0, 0.1) is 0 Å². The maximum Gasteiger partial charge on any atom is 0.433 e. The Kier molecular flexibility index (Phi) is 5.86. The Balaban J connectivity index is 1.28. The molecule has 0 saturated heterocycles. The molecule has 1 amide bonds. The average molecular weight is 482 g/mol.